The van der Waals surface area contributed by atoms with Gasteiger partial charge >= 0.3 is 0 Å². The Morgan fingerprint density at radius 3 is 3.07 bits per heavy atom. The van der Waals surface area contributed by atoms with Gasteiger partial charge in [0.15, 0.2) is 0 Å². The van der Waals surface area contributed by atoms with Crippen LogP contribution in [0.5, 0.6) is 0 Å². The predicted molar refractivity (Wildman–Crippen MR) is 53.8 cm³/mol. The van der Waals surface area contributed by atoms with Gasteiger partial charge in [-0.1, -0.05) is 0 Å². The van der Waals surface area contributed by atoms with Crippen molar-refractivity contribution in [1.82, 2.24) is 4.90 Å². The van der Waals surface area contributed by atoms with E-state index in [2.05, 4.69) is 4.90 Å². The quantitative estimate of drug-likeness (QED) is 0.675. The van der Waals surface area contributed by atoms with Gasteiger partial charge in [0.05, 0.1) is 12.4 Å². The lowest BCUT2D eigenvalue weighted by Crippen LogP contribution is -2.42. The highest BCUT2D eigenvalue weighted by molar-refractivity contribution is 5.22. The summed E-state index contributed by atoms with van der Waals surface area (Å²) in [6.07, 6.45) is 3.24. The maximum absolute atomic E-state index is 13.1. The zero-order valence-electron chi connectivity index (χ0n) is 8.98. The van der Waals surface area contributed by atoms with Gasteiger partial charge in [0.1, 0.15) is 0 Å². The normalized spacial score (nSPS) is 36.2. The molecular weight excluding hydrogens is 181 g/mol. The molecule has 2 heterocycles. The maximum atomic E-state index is 13.1. The van der Waals surface area contributed by atoms with Crippen molar-refractivity contribution in [3.05, 3.63) is 11.4 Å². The number of hydrogen-bond donors (Lipinski definition) is 0. The number of methoxy groups -OCH3 is 1. The fourth-order valence-electron chi connectivity index (χ4n) is 2.84. The van der Waals surface area contributed by atoms with Gasteiger partial charge in [-0.15, -0.1) is 0 Å². The van der Waals surface area contributed by atoms with E-state index >= 15 is 0 Å². The summed E-state index contributed by atoms with van der Waals surface area (Å²) in [6, 6.07) is 0. The van der Waals surface area contributed by atoms with E-state index < -0.39 is 0 Å². The van der Waals surface area contributed by atoms with E-state index in [-0.39, 0.29) is 11.4 Å². The van der Waals surface area contributed by atoms with Gasteiger partial charge in [-0.2, -0.15) is 0 Å². The van der Waals surface area contributed by atoms with Gasteiger partial charge in [-0.3, -0.25) is 4.90 Å². The Hall–Kier alpha value is -0.410. The third-order valence-electron chi connectivity index (χ3n) is 3.57. The molecule has 3 heteroatoms. The maximum Gasteiger partial charge on any atom is 0.0974 e. The Balaban J connectivity index is 2.19. The SMILES string of the molecule is COCC12CCCN1C/C(=C(\C)F)C2. The molecule has 80 valence electrons. The van der Waals surface area contributed by atoms with E-state index in [0.29, 0.717) is 0 Å². The molecule has 14 heavy (non-hydrogen) atoms. The largest absolute Gasteiger partial charge is 0.383 e. The fourth-order valence-corrected chi connectivity index (χ4v) is 2.84. The highest BCUT2D eigenvalue weighted by atomic mass is 19.1. The molecule has 2 aliphatic heterocycles. The Labute approximate surface area is 84.7 Å². The zero-order chi connectivity index (χ0) is 10.2. The van der Waals surface area contributed by atoms with Crippen LogP contribution >= 0.6 is 0 Å². The molecule has 0 aromatic heterocycles. The van der Waals surface area contributed by atoms with Crippen molar-refractivity contribution in [2.75, 3.05) is 26.8 Å². The van der Waals surface area contributed by atoms with Gasteiger partial charge in [-0.25, -0.2) is 4.39 Å². The second-order valence-electron chi connectivity index (χ2n) is 4.50. The van der Waals surface area contributed by atoms with Crippen LogP contribution in [-0.4, -0.2) is 37.2 Å². The lowest BCUT2D eigenvalue weighted by atomic mass is 9.93. The Morgan fingerprint density at radius 1 is 1.64 bits per heavy atom. The van der Waals surface area contributed by atoms with Crippen molar-refractivity contribution < 1.29 is 9.13 Å². The minimum atomic E-state index is 0.00915. The van der Waals surface area contributed by atoms with Crippen molar-refractivity contribution in [1.29, 1.82) is 0 Å². The molecule has 0 saturated carbocycles. The lowest BCUT2D eigenvalue weighted by Gasteiger charge is -2.30. The summed E-state index contributed by atoms with van der Waals surface area (Å²) in [4.78, 5) is 2.38. The van der Waals surface area contributed by atoms with Crippen LogP contribution < -0.4 is 0 Å². The molecule has 1 atom stereocenters. The smallest absolute Gasteiger partial charge is 0.0974 e. The number of fused-ring (bicyclic) bond motifs is 1. The molecule has 0 spiro atoms. The Bertz CT molecular complexity index is 260. The minimum Gasteiger partial charge on any atom is -0.383 e. The van der Waals surface area contributed by atoms with E-state index in [9.17, 15) is 4.39 Å². The minimum absolute atomic E-state index is 0.00915. The first kappa shape index (κ1) is 10.1. The molecule has 0 aromatic rings. The van der Waals surface area contributed by atoms with Gasteiger partial charge in [0, 0.05) is 19.2 Å². The van der Waals surface area contributed by atoms with Gasteiger partial charge in [0.2, 0.25) is 0 Å². The van der Waals surface area contributed by atoms with Crippen LogP contribution in [0, 0.1) is 0 Å². The molecular formula is C11H18FNO. The molecule has 2 rings (SSSR count). The first-order valence-electron chi connectivity index (χ1n) is 5.26. The van der Waals surface area contributed by atoms with Crippen LogP contribution in [0.15, 0.2) is 11.4 Å². The summed E-state index contributed by atoms with van der Waals surface area (Å²) in [6.45, 7) is 4.22. The fraction of sp³-hybridized carbons (Fsp3) is 0.818. The number of halogens is 1. The van der Waals surface area contributed by atoms with E-state index in [1.807, 2.05) is 0 Å². The first-order valence-corrected chi connectivity index (χ1v) is 5.26. The number of ether oxygens (including phenoxy) is 1. The van der Waals surface area contributed by atoms with Crippen molar-refractivity contribution in [3.63, 3.8) is 0 Å². The number of allylic oxidation sites excluding steroid dienone is 1. The highest BCUT2D eigenvalue weighted by Crippen LogP contribution is 2.42. The molecule has 0 bridgehead atoms. The van der Waals surface area contributed by atoms with E-state index in [0.717, 1.165) is 38.1 Å². The second-order valence-corrected chi connectivity index (χ2v) is 4.50. The summed E-state index contributed by atoms with van der Waals surface area (Å²) < 4.78 is 18.4. The second kappa shape index (κ2) is 3.63. The summed E-state index contributed by atoms with van der Waals surface area (Å²) in [5.41, 5.74) is 1.10. The average molecular weight is 199 g/mol. The molecule has 2 aliphatic rings. The Morgan fingerprint density at radius 2 is 2.43 bits per heavy atom. The van der Waals surface area contributed by atoms with Crippen LogP contribution in [0.25, 0.3) is 0 Å². The van der Waals surface area contributed by atoms with Crippen molar-refractivity contribution in [2.45, 2.75) is 31.7 Å². The van der Waals surface area contributed by atoms with Crippen molar-refractivity contribution >= 4 is 0 Å². The molecule has 1 unspecified atom stereocenters. The highest BCUT2D eigenvalue weighted by Gasteiger charge is 2.46. The van der Waals surface area contributed by atoms with E-state index in [1.165, 1.54) is 6.42 Å². The summed E-state index contributed by atoms with van der Waals surface area (Å²) in [7, 11) is 1.73. The molecule has 2 fully saturated rings. The molecule has 2 saturated heterocycles. The molecule has 0 aliphatic carbocycles. The molecule has 0 N–H and O–H groups in total. The van der Waals surface area contributed by atoms with Crippen LogP contribution in [0.1, 0.15) is 26.2 Å². The van der Waals surface area contributed by atoms with E-state index in [1.54, 1.807) is 14.0 Å². The third-order valence-corrected chi connectivity index (χ3v) is 3.57. The standard InChI is InChI=1S/C11H18FNO/c1-9(12)10-6-11(8-14-2)4-3-5-13(11)7-10/h3-8H2,1-2H3/b10-9+. The summed E-state index contributed by atoms with van der Waals surface area (Å²) in [5, 5.41) is 0. The number of rotatable bonds is 2. The summed E-state index contributed by atoms with van der Waals surface area (Å²) >= 11 is 0. The Kier molecular flexibility index (Phi) is 2.62. The average Bonchev–Trinajstić information content (AvgIpc) is 2.60. The van der Waals surface area contributed by atoms with Crippen LogP contribution in [-0.2, 0) is 4.74 Å². The van der Waals surface area contributed by atoms with Gasteiger partial charge in [0.25, 0.3) is 0 Å². The number of hydrogen-bond acceptors (Lipinski definition) is 2. The number of nitrogens with zero attached hydrogens (tertiary/aromatic N) is 1. The molecule has 0 amide bonds. The lowest BCUT2D eigenvalue weighted by molar-refractivity contribution is 0.0656. The van der Waals surface area contributed by atoms with Crippen molar-refractivity contribution in [3.8, 4) is 0 Å². The zero-order valence-corrected chi connectivity index (χ0v) is 8.98. The van der Waals surface area contributed by atoms with Gasteiger partial charge in [-0.05, 0) is 38.3 Å². The van der Waals surface area contributed by atoms with Crippen LogP contribution in [0.2, 0.25) is 0 Å². The molecule has 0 aromatic carbocycles. The van der Waals surface area contributed by atoms with E-state index in [4.69, 9.17) is 4.74 Å². The summed E-state index contributed by atoms with van der Waals surface area (Å²) in [5.74, 6) is 0.00915. The van der Waals surface area contributed by atoms with Gasteiger partial charge < -0.3 is 4.74 Å². The predicted octanol–water partition coefficient (Wildman–Crippen LogP) is 2.11. The first-order chi connectivity index (χ1) is 6.68. The monoisotopic (exact) mass is 199 g/mol. The molecule has 2 nitrogen and oxygen atoms in total. The topological polar surface area (TPSA) is 12.5 Å². The van der Waals surface area contributed by atoms with Crippen LogP contribution in [0.3, 0.4) is 0 Å². The van der Waals surface area contributed by atoms with Crippen LogP contribution in [0.4, 0.5) is 4.39 Å². The molecule has 0 radical (unpaired) electrons. The van der Waals surface area contributed by atoms with Crippen molar-refractivity contribution in [2.24, 2.45) is 0 Å². The third kappa shape index (κ3) is 1.48.